The van der Waals surface area contributed by atoms with Crippen molar-refractivity contribution in [3.63, 3.8) is 0 Å². The molecule has 1 atom stereocenters. The Hall–Kier alpha value is -0.940. The maximum absolute atomic E-state index is 13.5. The zero-order valence-corrected chi connectivity index (χ0v) is 13.0. The number of carbonyl (C=O) groups is 1. The Balaban J connectivity index is 1.73. The van der Waals surface area contributed by atoms with Gasteiger partial charge in [-0.3, -0.25) is 4.79 Å². The van der Waals surface area contributed by atoms with Crippen LogP contribution in [0.5, 0.6) is 0 Å². The monoisotopic (exact) mass is 342 g/mol. The predicted molar refractivity (Wildman–Crippen MR) is 80.8 cm³/mol. The first-order chi connectivity index (χ1) is 9.65. The van der Waals surface area contributed by atoms with E-state index in [1.165, 1.54) is 18.9 Å². The zero-order valence-electron chi connectivity index (χ0n) is 11.4. The Labute approximate surface area is 127 Å². The minimum atomic E-state index is -0.289. The number of hydrogen-bond acceptors (Lipinski definition) is 2. The van der Waals surface area contributed by atoms with Crippen molar-refractivity contribution in [3.05, 3.63) is 34.1 Å². The van der Waals surface area contributed by atoms with Gasteiger partial charge in [0.2, 0.25) is 5.91 Å². The van der Waals surface area contributed by atoms with Crippen LogP contribution in [0.1, 0.15) is 37.7 Å². The van der Waals surface area contributed by atoms with Crippen LogP contribution in [-0.4, -0.2) is 18.5 Å². The van der Waals surface area contributed by atoms with E-state index in [2.05, 4.69) is 26.6 Å². The minimum absolute atomic E-state index is 0.0169. The highest BCUT2D eigenvalue weighted by Crippen LogP contribution is 2.15. The molecule has 0 aliphatic carbocycles. The summed E-state index contributed by atoms with van der Waals surface area (Å²) in [5.41, 5.74) is 0.503. The number of carbonyl (C=O) groups excluding carboxylic acids is 1. The number of piperidine rings is 1. The van der Waals surface area contributed by atoms with Crippen molar-refractivity contribution in [3.8, 4) is 0 Å². The van der Waals surface area contributed by atoms with Crippen LogP contribution in [0.2, 0.25) is 0 Å². The fourth-order valence-corrected chi connectivity index (χ4v) is 2.85. The normalized spacial score (nSPS) is 18.8. The topological polar surface area (TPSA) is 41.1 Å². The fraction of sp³-hybridized carbons (Fsp3) is 0.533. The Morgan fingerprint density at radius 2 is 2.30 bits per heavy atom. The molecule has 110 valence electrons. The molecule has 1 aliphatic rings. The van der Waals surface area contributed by atoms with Gasteiger partial charge in [0.15, 0.2) is 0 Å². The molecule has 1 amide bonds. The summed E-state index contributed by atoms with van der Waals surface area (Å²) in [6, 6.07) is 5.20. The van der Waals surface area contributed by atoms with Crippen molar-refractivity contribution in [2.45, 2.75) is 44.7 Å². The van der Waals surface area contributed by atoms with Crippen LogP contribution >= 0.6 is 15.9 Å². The van der Waals surface area contributed by atoms with E-state index < -0.39 is 0 Å². The average Bonchev–Trinajstić information content (AvgIpc) is 2.47. The minimum Gasteiger partial charge on any atom is -0.352 e. The second-order valence-electron chi connectivity index (χ2n) is 5.20. The van der Waals surface area contributed by atoms with E-state index in [4.69, 9.17) is 0 Å². The summed E-state index contributed by atoms with van der Waals surface area (Å²) in [5, 5.41) is 6.20. The number of benzene rings is 1. The second-order valence-corrected chi connectivity index (χ2v) is 6.11. The highest BCUT2D eigenvalue weighted by molar-refractivity contribution is 9.10. The average molecular weight is 343 g/mol. The summed E-state index contributed by atoms with van der Waals surface area (Å²) >= 11 is 3.30. The van der Waals surface area contributed by atoms with Crippen LogP contribution in [0.4, 0.5) is 4.39 Å². The third kappa shape index (κ3) is 4.87. The molecule has 1 heterocycles. The van der Waals surface area contributed by atoms with E-state index in [1.807, 2.05) is 0 Å². The Morgan fingerprint density at radius 1 is 1.45 bits per heavy atom. The van der Waals surface area contributed by atoms with Crippen LogP contribution in [-0.2, 0) is 11.3 Å². The van der Waals surface area contributed by atoms with Gasteiger partial charge in [0.05, 0.1) is 0 Å². The van der Waals surface area contributed by atoms with Crippen LogP contribution in [0, 0.1) is 5.82 Å². The first-order valence-electron chi connectivity index (χ1n) is 7.09. The Morgan fingerprint density at radius 3 is 3.05 bits per heavy atom. The van der Waals surface area contributed by atoms with Gasteiger partial charge in [-0.1, -0.05) is 22.4 Å². The standard InChI is InChI=1S/C15H20BrFN2O/c16-12-4-6-14(17)11(9-12)10-19-15(20)7-5-13-3-1-2-8-18-13/h4,6,9,13,18H,1-3,5,7-8,10H2,(H,19,20). The third-order valence-corrected chi connectivity index (χ3v) is 4.11. The number of hydrogen-bond donors (Lipinski definition) is 2. The molecule has 1 aromatic carbocycles. The molecule has 3 nitrogen and oxygen atoms in total. The van der Waals surface area contributed by atoms with Gasteiger partial charge < -0.3 is 10.6 Å². The quantitative estimate of drug-likeness (QED) is 0.863. The van der Waals surface area contributed by atoms with Crippen molar-refractivity contribution < 1.29 is 9.18 Å². The summed E-state index contributed by atoms with van der Waals surface area (Å²) in [4.78, 5) is 11.8. The van der Waals surface area contributed by atoms with Crippen LogP contribution in [0.15, 0.2) is 22.7 Å². The second kappa shape index (κ2) is 7.74. The van der Waals surface area contributed by atoms with Gasteiger partial charge in [0, 0.05) is 29.0 Å². The zero-order chi connectivity index (χ0) is 14.4. The molecule has 0 aromatic heterocycles. The fourth-order valence-electron chi connectivity index (χ4n) is 2.44. The van der Waals surface area contributed by atoms with Gasteiger partial charge in [0.25, 0.3) is 0 Å². The van der Waals surface area contributed by atoms with Gasteiger partial charge in [0.1, 0.15) is 5.82 Å². The van der Waals surface area contributed by atoms with Crippen molar-refractivity contribution in [1.29, 1.82) is 0 Å². The van der Waals surface area contributed by atoms with Gasteiger partial charge in [-0.25, -0.2) is 4.39 Å². The molecule has 0 radical (unpaired) electrons. The number of amides is 1. The lowest BCUT2D eigenvalue weighted by molar-refractivity contribution is -0.121. The maximum Gasteiger partial charge on any atom is 0.220 e. The molecular formula is C15H20BrFN2O. The molecule has 2 rings (SSSR count). The summed E-state index contributed by atoms with van der Waals surface area (Å²) < 4.78 is 14.3. The van der Waals surface area contributed by atoms with E-state index in [-0.39, 0.29) is 18.3 Å². The molecular weight excluding hydrogens is 323 g/mol. The molecule has 1 aromatic rings. The highest BCUT2D eigenvalue weighted by Gasteiger charge is 2.14. The summed E-state index contributed by atoms with van der Waals surface area (Å²) in [5.74, 6) is -0.306. The molecule has 0 bridgehead atoms. The molecule has 1 aliphatic heterocycles. The Bertz CT molecular complexity index is 461. The largest absolute Gasteiger partial charge is 0.352 e. The van der Waals surface area contributed by atoms with E-state index in [0.29, 0.717) is 18.0 Å². The van der Waals surface area contributed by atoms with Crippen LogP contribution in [0.25, 0.3) is 0 Å². The summed E-state index contributed by atoms with van der Waals surface area (Å²) in [6.07, 6.45) is 4.96. The lowest BCUT2D eigenvalue weighted by atomic mass is 10.0. The maximum atomic E-state index is 13.5. The van der Waals surface area contributed by atoms with Gasteiger partial charge >= 0.3 is 0 Å². The molecule has 5 heteroatoms. The summed E-state index contributed by atoms with van der Waals surface area (Å²) in [6.45, 7) is 1.29. The SMILES string of the molecule is O=C(CCC1CCCCN1)NCc1cc(Br)ccc1F. The third-order valence-electron chi connectivity index (χ3n) is 3.62. The van der Waals surface area contributed by atoms with E-state index >= 15 is 0 Å². The number of rotatable bonds is 5. The van der Waals surface area contributed by atoms with E-state index in [1.54, 1.807) is 12.1 Å². The van der Waals surface area contributed by atoms with Crippen molar-refractivity contribution in [1.82, 2.24) is 10.6 Å². The lowest BCUT2D eigenvalue weighted by Crippen LogP contribution is -2.35. The van der Waals surface area contributed by atoms with E-state index in [9.17, 15) is 9.18 Å². The van der Waals surface area contributed by atoms with Crippen molar-refractivity contribution >= 4 is 21.8 Å². The molecule has 2 N–H and O–H groups in total. The van der Waals surface area contributed by atoms with Gasteiger partial charge in [-0.2, -0.15) is 0 Å². The molecule has 1 saturated heterocycles. The number of nitrogens with one attached hydrogen (secondary N) is 2. The predicted octanol–water partition coefficient (Wildman–Crippen LogP) is 3.13. The smallest absolute Gasteiger partial charge is 0.220 e. The first-order valence-corrected chi connectivity index (χ1v) is 7.88. The van der Waals surface area contributed by atoms with Crippen LogP contribution < -0.4 is 10.6 Å². The molecule has 1 fully saturated rings. The molecule has 1 unspecified atom stereocenters. The molecule has 20 heavy (non-hydrogen) atoms. The lowest BCUT2D eigenvalue weighted by Gasteiger charge is -2.23. The van der Waals surface area contributed by atoms with Gasteiger partial charge in [-0.05, 0) is 44.0 Å². The summed E-state index contributed by atoms with van der Waals surface area (Å²) in [7, 11) is 0. The van der Waals surface area contributed by atoms with Crippen molar-refractivity contribution in [2.24, 2.45) is 0 Å². The van der Waals surface area contributed by atoms with Crippen LogP contribution in [0.3, 0.4) is 0 Å². The molecule has 0 spiro atoms. The van der Waals surface area contributed by atoms with Crippen molar-refractivity contribution in [2.75, 3.05) is 6.54 Å². The number of halogens is 2. The van der Waals surface area contributed by atoms with Gasteiger partial charge in [-0.15, -0.1) is 0 Å². The highest BCUT2D eigenvalue weighted by atomic mass is 79.9. The first kappa shape index (κ1) is 15.4. The Kier molecular flexibility index (Phi) is 5.98. The molecule has 0 saturated carbocycles. The van der Waals surface area contributed by atoms with E-state index in [0.717, 1.165) is 23.9 Å².